The summed E-state index contributed by atoms with van der Waals surface area (Å²) in [6.07, 6.45) is -3.78. The van der Waals surface area contributed by atoms with Gasteiger partial charge in [0, 0.05) is 18.8 Å². The molecule has 1 heterocycles. The van der Waals surface area contributed by atoms with Crippen LogP contribution in [-0.2, 0) is 12.7 Å². The molecule has 11 heteroatoms. The lowest BCUT2D eigenvalue weighted by Crippen LogP contribution is -2.27. The van der Waals surface area contributed by atoms with Crippen LogP contribution in [0.5, 0.6) is 5.88 Å². The Kier molecular flexibility index (Phi) is 6.30. The van der Waals surface area contributed by atoms with Gasteiger partial charge in [-0.3, -0.25) is 19.5 Å². The van der Waals surface area contributed by atoms with Crippen LogP contribution in [0.1, 0.15) is 36.1 Å². The first-order chi connectivity index (χ1) is 13.9. The van der Waals surface area contributed by atoms with E-state index in [0.717, 1.165) is 16.8 Å². The monoisotopic (exact) mass is 422 g/mol. The summed E-state index contributed by atoms with van der Waals surface area (Å²) >= 11 is 0. The molecule has 158 valence electrons. The highest BCUT2D eigenvalue weighted by Crippen LogP contribution is 2.36. The van der Waals surface area contributed by atoms with E-state index in [1.54, 1.807) is 19.9 Å². The van der Waals surface area contributed by atoms with Gasteiger partial charge in [-0.1, -0.05) is 13.8 Å². The number of hydrogen-bond acceptors (Lipinski definition) is 6. The number of nitro groups is 1. The quantitative estimate of drug-likeness (QED) is 0.442. The Balaban J connectivity index is 2.67. The van der Waals surface area contributed by atoms with Crippen LogP contribution in [0.2, 0.25) is 0 Å². The highest BCUT2D eigenvalue weighted by Gasteiger charge is 2.33. The summed E-state index contributed by atoms with van der Waals surface area (Å²) in [5.74, 6) is -0.549. The molecule has 1 aromatic heterocycles. The molecule has 0 spiro atoms. The zero-order chi connectivity index (χ0) is 22.8. The number of pyridine rings is 1. The van der Waals surface area contributed by atoms with Crippen LogP contribution in [0.3, 0.4) is 0 Å². The Morgan fingerprint density at radius 3 is 2.53 bits per heavy atom. The van der Waals surface area contributed by atoms with Crippen LogP contribution in [0.4, 0.5) is 24.5 Å². The lowest BCUT2D eigenvalue weighted by atomic mass is 10.1. The van der Waals surface area contributed by atoms with E-state index in [4.69, 9.17) is 0 Å². The van der Waals surface area contributed by atoms with Crippen LogP contribution in [0.25, 0.3) is 0 Å². The molecule has 0 aliphatic carbocycles. The average Bonchev–Trinajstić information content (AvgIpc) is 2.64. The topological polar surface area (TPSA) is 122 Å². The van der Waals surface area contributed by atoms with Crippen LogP contribution in [0.15, 0.2) is 28.0 Å². The van der Waals surface area contributed by atoms with Crippen molar-refractivity contribution in [2.24, 2.45) is 10.9 Å². The SMILES string of the molecule is Cc1c(C=Nc2ccc(C(F)(F)F)cc2[N+](=O)[O-])c(O)n(CC(C)C)c(=O)c1C#N. The molecule has 1 aromatic carbocycles. The van der Waals surface area contributed by atoms with E-state index in [9.17, 15) is 38.4 Å². The molecule has 0 fully saturated rings. The summed E-state index contributed by atoms with van der Waals surface area (Å²) in [5, 5.41) is 31.0. The molecule has 0 bridgehead atoms. The molecule has 8 nitrogen and oxygen atoms in total. The van der Waals surface area contributed by atoms with Gasteiger partial charge >= 0.3 is 6.18 Å². The summed E-state index contributed by atoms with van der Waals surface area (Å²) in [6, 6.07) is 3.60. The fourth-order valence-corrected chi connectivity index (χ4v) is 2.75. The van der Waals surface area contributed by atoms with Crippen LogP contribution in [0, 0.1) is 34.3 Å². The molecule has 0 amide bonds. The van der Waals surface area contributed by atoms with Gasteiger partial charge in [0.2, 0.25) is 5.88 Å². The predicted octanol–water partition coefficient (Wildman–Crippen LogP) is 4.07. The Bertz CT molecular complexity index is 1130. The lowest BCUT2D eigenvalue weighted by molar-refractivity contribution is -0.384. The minimum Gasteiger partial charge on any atom is -0.494 e. The third kappa shape index (κ3) is 4.48. The molecule has 0 aliphatic rings. The number of alkyl halides is 3. The van der Waals surface area contributed by atoms with Crippen LogP contribution in [-0.4, -0.2) is 20.8 Å². The van der Waals surface area contributed by atoms with Crippen molar-refractivity contribution in [2.45, 2.75) is 33.5 Å². The van der Waals surface area contributed by atoms with E-state index < -0.39 is 33.8 Å². The van der Waals surface area contributed by atoms with Crippen molar-refractivity contribution in [2.75, 3.05) is 0 Å². The van der Waals surface area contributed by atoms with Crippen molar-refractivity contribution < 1.29 is 23.2 Å². The van der Waals surface area contributed by atoms with Gasteiger partial charge in [0.1, 0.15) is 17.3 Å². The molecular weight excluding hydrogens is 405 g/mol. The second kappa shape index (κ2) is 8.36. The molecule has 2 rings (SSSR count). The number of benzene rings is 1. The van der Waals surface area contributed by atoms with Gasteiger partial charge in [-0.05, 0) is 30.5 Å². The molecule has 2 aromatic rings. The van der Waals surface area contributed by atoms with Gasteiger partial charge in [0.15, 0.2) is 0 Å². The van der Waals surface area contributed by atoms with Gasteiger partial charge in [0.05, 0.1) is 16.1 Å². The minimum atomic E-state index is -4.77. The van der Waals surface area contributed by atoms with Gasteiger partial charge in [-0.2, -0.15) is 18.4 Å². The maximum absolute atomic E-state index is 12.8. The molecule has 30 heavy (non-hydrogen) atoms. The predicted molar refractivity (Wildman–Crippen MR) is 102 cm³/mol. The number of nitro benzene ring substituents is 1. The van der Waals surface area contributed by atoms with Crippen molar-refractivity contribution in [3.05, 3.63) is 60.9 Å². The first kappa shape index (κ1) is 22.6. The average molecular weight is 422 g/mol. The van der Waals surface area contributed by atoms with E-state index in [1.165, 1.54) is 6.92 Å². The number of nitrogens with zero attached hydrogens (tertiary/aromatic N) is 4. The maximum atomic E-state index is 12.8. The van der Waals surface area contributed by atoms with Gasteiger partial charge in [-0.15, -0.1) is 0 Å². The zero-order valence-corrected chi connectivity index (χ0v) is 16.2. The van der Waals surface area contributed by atoms with Crippen molar-refractivity contribution >= 4 is 17.6 Å². The summed E-state index contributed by atoms with van der Waals surface area (Å²) in [7, 11) is 0. The number of aromatic hydroxyl groups is 1. The lowest BCUT2D eigenvalue weighted by Gasteiger charge is -2.15. The molecule has 0 saturated heterocycles. The van der Waals surface area contributed by atoms with Gasteiger partial charge in [0.25, 0.3) is 11.2 Å². The van der Waals surface area contributed by atoms with Gasteiger partial charge in [-0.25, -0.2) is 4.99 Å². The standard InChI is InChI=1S/C19H17F3N4O4/c1-10(2)9-25-17(27)13(7-23)11(3)14(18(25)28)8-24-15-5-4-12(19(20,21)22)6-16(15)26(29)30/h4-6,8,10,28H,9H2,1-3H3. The van der Waals surface area contributed by atoms with Gasteiger partial charge < -0.3 is 5.11 Å². The summed E-state index contributed by atoms with van der Waals surface area (Å²) < 4.78 is 39.5. The molecule has 0 saturated carbocycles. The number of rotatable bonds is 5. The Morgan fingerprint density at radius 1 is 1.40 bits per heavy atom. The minimum absolute atomic E-state index is 0.0407. The van der Waals surface area contributed by atoms with E-state index in [0.29, 0.717) is 12.1 Å². The fourth-order valence-electron chi connectivity index (χ4n) is 2.75. The molecule has 0 unspecified atom stereocenters. The largest absolute Gasteiger partial charge is 0.494 e. The Morgan fingerprint density at radius 2 is 2.03 bits per heavy atom. The maximum Gasteiger partial charge on any atom is 0.416 e. The first-order valence-corrected chi connectivity index (χ1v) is 8.64. The normalized spacial score (nSPS) is 11.8. The highest BCUT2D eigenvalue weighted by atomic mass is 19.4. The second-order valence-corrected chi connectivity index (χ2v) is 6.88. The number of aliphatic imine (C=N–C) groups is 1. The number of nitriles is 1. The number of hydrogen-bond donors (Lipinski definition) is 1. The van der Waals surface area contributed by atoms with Crippen molar-refractivity contribution in [3.63, 3.8) is 0 Å². The third-order valence-corrected chi connectivity index (χ3v) is 4.23. The Labute approximate surface area is 168 Å². The zero-order valence-electron chi connectivity index (χ0n) is 16.2. The van der Waals surface area contributed by atoms with Crippen LogP contribution >= 0.6 is 0 Å². The smallest absolute Gasteiger partial charge is 0.416 e. The second-order valence-electron chi connectivity index (χ2n) is 6.88. The third-order valence-electron chi connectivity index (χ3n) is 4.23. The number of aromatic nitrogens is 1. The van der Waals surface area contributed by atoms with E-state index in [1.807, 2.05) is 0 Å². The summed E-state index contributed by atoms with van der Waals surface area (Å²) in [6.45, 7) is 5.07. The number of halogens is 3. The first-order valence-electron chi connectivity index (χ1n) is 8.64. The summed E-state index contributed by atoms with van der Waals surface area (Å²) in [4.78, 5) is 26.5. The van der Waals surface area contributed by atoms with E-state index in [-0.39, 0.29) is 34.8 Å². The van der Waals surface area contributed by atoms with Crippen molar-refractivity contribution in [1.82, 2.24) is 4.57 Å². The van der Waals surface area contributed by atoms with Crippen LogP contribution < -0.4 is 5.56 Å². The Hall–Kier alpha value is -3.68. The molecule has 0 atom stereocenters. The molecule has 0 radical (unpaired) electrons. The van der Waals surface area contributed by atoms with E-state index in [2.05, 4.69) is 4.99 Å². The molecule has 1 N–H and O–H groups in total. The molecular formula is C19H17F3N4O4. The highest BCUT2D eigenvalue weighted by molar-refractivity contribution is 5.88. The summed E-state index contributed by atoms with van der Waals surface area (Å²) in [5.41, 5.74) is -3.35. The molecule has 0 aliphatic heterocycles. The van der Waals surface area contributed by atoms with Crippen molar-refractivity contribution in [3.8, 4) is 11.9 Å². The fraction of sp³-hybridized carbons (Fsp3) is 0.316. The van der Waals surface area contributed by atoms with Crippen molar-refractivity contribution in [1.29, 1.82) is 5.26 Å². The van der Waals surface area contributed by atoms with E-state index >= 15 is 0 Å².